The number of rotatable bonds is 2. The van der Waals surface area contributed by atoms with Gasteiger partial charge < -0.3 is 10.6 Å². The maximum absolute atomic E-state index is 11.4. The first-order valence-electron chi connectivity index (χ1n) is 5.24. The van der Waals surface area contributed by atoms with Crippen molar-refractivity contribution >= 4 is 32.9 Å². The number of aromatic nitrogens is 1. The molecule has 17 heavy (non-hydrogen) atoms. The van der Waals surface area contributed by atoms with Crippen LogP contribution in [-0.2, 0) is 9.84 Å². The molecule has 2 N–H and O–H groups in total. The van der Waals surface area contributed by atoms with Gasteiger partial charge in [-0.1, -0.05) is 11.6 Å². The number of hydrogen-bond donors (Lipinski definition) is 1. The monoisotopic (exact) mass is 275 g/mol. The Labute approximate surface area is 105 Å². The minimum Gasteiger partial charge on any atom is -0.399 e. The van der Waals surface area contributed by atoms with Gasteiger partial charge in [0, 0.05) is 24.8 Å². The standard InChI is InChI=1S/C10H14ClN3O2S/c1-14(8-2-3-17(15,16)6-8)10-5-7(12)4-9(11)13-10/h4-5,8H,2-3,6H2,1H3,(H2,12,13). The molecule has 1 aliphatic rings. The third kappa shape index (κ3) is 2.81. The molecule has 0 aliphatic carbocycles. The second-order valence-corrected chi connectivity index (χ2v) is 6.87. The molecule has 0 amide bonds. The van der Waals surface area contributed by atoms with Crippen molar-refractivity contribution in [3.05, 3.63) is 17.3 Å². The van der Waals surface area contributed by atoms with Crippen LogP contribution in [0.1, 0.15) is 6.42 Å². The van der Waals surface area contributed by atoms with Gasteiger partial charge in [-0.3, -0.25) is 0 Å². The summed E-state index contributed by atoms with van der Waals surface area (Å²) in [6.45, 7) is 0. The topological polar surface area (TPSA) is 76.3 Å². The zero-order valence-electron chi connectivity index (χ0n) is 9.43. The summed E-state index contributed by atoms with van der Waals surface area (Å²) >= 11 is 5.82. The quantitative estimate of drug-likeness (QED) is 0.813. The van der Waals surface area contributed by atoms with Crippen LogP contribution in [0.15, 0.2) is 12.1 Å². The molecule has 0 radical (unpaired) electrons. The van der Waals surface area contributed by atoms with E-state index in [1.165, 1.54) is 0 Å². The maximum Gasteiger partial charge on any atom is 0.152 e. The second-order valence-electron chi connectivity index (χ2n) is 4.25. The molecule has 2 rings (SSSR count). The lowest BCUT2D eigenvalue weighted by atomic mass is 10.2. The Hall–Kier alpha value is -1.01. The Morgan fingerprint density at radius 2 is 2.24 bits per heavy atom. The predicted molar refractivity (Wildman–Crippen MR) is 69.1 cm³/mol. The highest BCUT2D eigenvalue weighted by molar-refractivity contribution is 7.91. The number of hydrogen-bond acceptors (Lipinski definition) is 5. The van der Waals surface area contributed by atoms with Crippen molar-refractivity contribution in [3.63, 3.8) is 0 Å². The van der Waals surface area contributed by atoms with E-state index in [1.54, 1.807) is 12.1 Å². The normalized spacial score (nSPS) is 22.6. The SMILES string of the molecule is CN(c1cc(N)cc(Cl)n1)C1CCS(=O)(=O)C1. The Kier molecular flexibility index (Phi) is 3.18. The average molecular weight is 276 g/mol. The maximum atomic E-state index is 11.4. The van der Waals surface area contributed by atoms with Crippen LogP contribution in [0.3, 0.4) is 0 Å². The van der Waals surface area contributed by atoms with E-state index in [2.05, 4.69) is 4.98 Å². The van der Waals surface area contributed by atoms with Crippen molar-refractivity contribution in [2.24, 2.45) is 0 Å². The lowest BCUT2D eigenvalue weighted by Crippen LogP contribution is -2.33. The first kappa shape index (κ1) is 12.4. The lowest BCUT2D eigenvalue weighted by Gasteiger charge is -2.24. The zero-order valence-corrected chi connectivity index (χ0v) is 11.0. The molecule has 1 aromatic heterocycles. The van der Waals surface area contributed by atoms with Crippen molar-refractivity contribution in [1.29, 1.82) is 0 Å². The van der Waals surface area contributed by atoms with Gasteiger partial charge in [-0.05, 0) is 12.5 Å². The van der Waals surface area contributed by atoms with Gasteiger partial charge in [0.15, 0.2) is 9.84 Å². The number of pyridine rings is 1. The van der Waals surface area contributed by atoms with Crippen LogP contribution < -0.4 is 10.6 Å². The molecular weight excluding hydrogens is 262 g/mol. The molecular formula is C10H14ClN3O2S. The Balaban J connectivity index is 2.23. The third-order valence-corrected chi connectivity index (χ3v) is 4.86. The number of nitrogens with zero attached hydrogens (tertiary/aromatic N) is 2. The summed E-state index contributed by atoms with van der Waals surface area (Å²) < 4.78 is 22.8. The van der Waals surface area contributed by atoms with Crippen LogP contribution in [0.5, 0.6) is 0 Å². The van der Waals surface area contributed by atoms with Gasteiger partial charge in [0.2, 0.25) is 0 Å². The number of sulfone groups is 1. The van der Waals surface area contributed by atoms with E-state index in [-0.39, 0.29) is 17.5 Å². The number of nitrogen functional groups attached to an aromatic ring is 1. The van der Waals surface area contributed by atoms with Crippen molar-refractivity contribution in [3.8, 4) is 0 Å². The highest BCUT2D eigenvalue weighted by Crippen LogP contribution is 2.24. The molecule has 94 valence electrons. The van der Waals surface area contributed by atoms with Crippen LogP contribution in [0.2, 0.25) is 5.15 Å². The smallest absolute Gasteiger partial charge is 0.152 e. The van der Waals surface area contributed by atoms with E-state index in [4.69, 9.17) is 17.3 Å². The molecule has 1 aromatic rings. The van der Waals surface area contributed by atoms with Gasteiger partial charge in [0.05, 0.1) is 11.5 Å². The summed E-state index contributed by atoms with van der Waals surface area (Å²) in [4.78, 5) is 5.97. The first-order chi connectivity index (χ1) is 7.87. The molecule has 0 bridgehead atoms. The van der Waals surface area contributed by atoms with E-state index in [1.807, 2.05) is 11.9 Å². The van der Waals surface area contributed by atoms with Crippen LogP contribution in [-0.4, -0.2) is 38.0 Å². The summed E-state index contributed by atoms with van der Waals surface area (Å²) in [7, 11) is -1.09. The fraction of sp³-hybridized carbons (Fsp3) is 0.500. The minimum absolute atomic E-state index is 0.0506. The predicted octanol–water partition coefficient (Wildman–Crippen LogP) is 0.941. The van der Waals surface area contributed by atoms with Crippen molar-refractivity contribution < 1.29 is 8.42 Å². The van der Waals surface area contributed by atoms with Gasteiger partial charge in [-0.2, -0.15) is 0 Å². The lowest BCUT2D eigenvalue weighted by molar-refractivity contribution is 0.600. The Bertz CT molecular complexity index is 512. The molecule has 2 heterocycles. The summed E-state index contributed by atoms with van der Waals surface area (Å²) in [5.41, 5.74) is 6.20. The minimum atomic E-state index is -2.90. The molecule has 7 heteroatoms. The van der Waals surface area contributed by atoms with Gasteiger partial charge in [-0.15, -0.1) is 0 Å². The zero-order chi connectivity index (χ0) is 12.6. The number of nitrogens with two attached hydrogens (primary N) is 1. The summed E-state index contributed by atoms with van der Waals surface area (Å²) in [6.07, 6.45) is 0.618. The van der Waals surface area contributed by atoms with Crippen LogP contribution in [0.25, 0.3) is 0 Å². The van der Waals surface area contributed by atoms with E-state index < -0.39 is 9.84 Å². The van der Waals surface area contributed by atoms with Crippen molar-refractivity contribution in [2.45, 2.75) is 12.5 Å². The molecule has 0 aromatic carbocycles. The molecule has 5 nitrogen and oxygen atoms in total. The van der Waals surface area contributed by atoms with E-state index in [0.29, 0.717) is 23.1 Å². The summed E-state index contributed by atoms with van der Waals surface area (Å²) in [5.74, 6) is 1.01. The van der Waals surface area contributed by atoms with E-state index in [0.717, 1.165) is 0 Å². The molecule has 1 saturated heterocycles. The Morgan fingerprint density at radius 3 is 2.76 bits per heavy atom. The van der Waals surface area contributed by atoms with Gasteiger partial charge in [0.1, 0.15) is 11.0 Å². The van der Waals surface area contributed by atoms with Crippen LogP contribution >= 0.6 is 11.6 Å². The Morgan fingerprint density at radius 1 is 1.53 bits per heavy atom. The molecule has 0 saturated carbocycles. The fourth-order valence-corrected chi connectivity index (χ4v) is 3.94. The molecule has 1 aliphatic heterocycles. The third-order valence-electron chi connectivity index (χ3n) is 2.92. The molecule has 1 fully saturated rings. The van der Waals surface area contributed by atoms with Gasteiger partial charge >= 0.3 is 0 Å². The van der Waals surface area contributed by atoms with E-state index in [9.17, 15) is 8.42 Å². The number of anilines is 2. The molecule has 1 unspecified atom stereocenters. The number of halogens is 1. The summed E-state index contributed by atoms with van der Waals surface area (Å²) in [6, 6.07) is 3.20. The van der Waals surface area contributed by atoms with E-state index >= 15 is 0 Å². The highest BCUT2D eigenvalue weighted by Gasteiger charge is 2.31. The van der Waals surface area contributed by atoms with Gasteiger partial charge in [-0.25, -0.2) is 13.4 Å². The van der Waals surface area contributed by atoms with Gasteiger partial charge in [0.25, 0.3) is 0 Å². The van der Waals surface area contributed by atoms with Crippen LogP contribution in [0.4, 0.5) is 11.5 Å². The van der Waals surface area contributed by atoms with Crippen molar-refractivity contribution in [1.82, 2.24) is 4.98 Å². The molecule has 1 atom stereocenters. The largest absolute Gasteiger partial charge is 0.399 e. The first-order valence-corrected chi connectivity index (χ1v) is 7.44. The average Bonchev–Trinajstić information content (AvgIpc) is 2.56. The highest BCUT2D eigenvalue weighted by atomic mass is 35.5. The fourth-order valence-electron chi connectivity index (χ4n) is 1.95. The van der Waals surface area contributed by atoms with Crippen molar-refractivity contribution in [2.75, 3.05) is 29.2 Å². The summed E-state index contributed by atoms with van der Waals surface area (Å²) in [5, 5.41) is 0.313. The van der Waals surface area contributed by atoms with Crippen LogP contribution in [0, 0.1) is 0 Å². The second kappa shape index (κ2) is 4.34. The molecule has 0 spiro atoms.